The number of hydrogen-bond acceptors (Lipinski definition) is 7. The van der Waals surface area contributed by atoms with Crippen molar-refractivity contribution < 1.29 is 33.3 Å². The third-order valence-corrected chi connectivity index (χ3v) is 6.96. The summed E-state index contributed by atoms with van der Waals surface area (Å²) in [5.74, 6) is 1.82. The van der Waals surface area contributed by atoms with E-state index in [0.29, 0.717) is 47.4 Å². The molecule has 3 aromatic carbocycles. The maximum Gasteiger partial charge on any atom is 0.227 e. The molecule has 4 rings (SSSR count). The van der Waals surface area contributed by atoms with Crippen molar-refractivity contribution in [2.24, 2.45) is 5.92 Å². The molecule has 1 saturated heterocycles. The van der Waals surface area contributed by atoms with Gasteiger partial charge in [0.25, 0.3) is 0 Å². The summed E-state index contributed by atoms with van der Waals surface area (Å²) in [5, 5.41) is 3.06. The van der Waals surface area contributed by atoms with Crippen molar-refractivity contribution in [3.05, 3.63) is 71.8 Å². The van der Waals surface area contributed by atoms with Gasteiger partial charge in [0.2, 0.25) is 17.6 Å². The number of carbonyl (C=O) groups is 2. The van der Waals surface area contributed by atoms with E-state index >= 15 is 0 Å². The van der Waals surface area contributed by atoms with Crippen LogP contribution in [0.25, 0.3) is 0 Å². The second-order valence-corrected chi connectivity index (χ2v) is 9.04. The SMILES string of the molecule is COc1ccc([C@@H]2[C@@H](C(=O)NCc3ccccc3OC)CCC(=O)N2c2cc(OC)c(OC)c(OC)c2)cc1. The Balaban J connectivity index is 1.75. The van der Waals surface area contributed by atoms with E-state index in [0.717, 1.165) is 11.1 Å². The van der Waals surface area contributed by atoms with E-state index in [-0.39, 0.29) is 18.2 Å². The molecule has 0 aromatic heterocycles. The predicted molar refractivity (Wildman–Crippen MR) is 147 cm³/mol. The van der Waals surface area contributed by atoms with Crippen LogP contribution in [-0.2, 0) is 16.1 Å². The Hall–Kier alpha value is -4.40. The Kier molecular flexibility index (Phi) is 8.81. The first-order chi connectivity index (χ1) is 18.9. The van der Waals surface area contributed by atoms with Gasteiger partial charge in [0, 0.05) is 30.7 Å². The molecule has 1 aliphatic rings. The molecule has 2 atom stereocenters. The highest BCUT2D eigenvalue weighted by Gasteiger charge is 2.42. The van der Waals surface area contributed by atoms with Gasteiger partial charge in [-0.2, -0.15) is 0 Å². The molecule has 0 unspecified atom stereocenters. The standard InChI is InChI=1S/C30H34N2O7/c1-35-22-12-10-19(11-13-22)28-23(30(34)31-18-20-8-6-7-9-24(20)36-2)14-15-27(33)32(28)21-16-25(37-3)29(39-5)26(17-21)38-4/h6-13,16-17,23,28H,14-15,18H2,1-5H3,(H,31,34)/t23-,28+/m0/s1. The molecule has 0 spiro atoms. The quantitative estimate of drug-likeness (QED) is 0.408. The Morgan fingerprint density at radius 2 is 1.49 bits per heavy atom. The molecule has 9 nitrogen and oxygen atoms in total. The fourth-order valence-corrected chi connectivity index (χ4v) is 5.02. The minimum Gasteiger partial charge on any atom is -0.497 e. The van der Waals surface area contributed by atoms with Crippen LogP contribution in [0.5, 0.6) is 28.7 Å². The Bertz CT molecular complexity index is 1280. The number of benzene rings is 3. The number of hydrogen-bond donors (Lipinski definition) is 1. The third kappa shape index (κ3) is 5.72. The van der Waals surface area contributed by atoms with Crippen molar-refractivity contribution in [1.29, 1.82) is 0 Å². The molecule has 0 bridgehead atoms. The molecule has 206 valence electrons. The Labute approximate surface area is 228 Å². The van der Waals surface area contributed by atoms with E-state index in [1.54, 1.807) is 31.3 Å². The van der Waals surface area contributed by atoms with Crippen LogP contribution in [0, 0.1) is 5.92 Å². The molecule has 1 fully saturated rings. The lowest BCUT2D eigenvalue weighted by Gasteiger charge is -2.41. The van der Waals surface area contributed by atoms with Gasteiger partial charge in [0.05, 0.1) is 53.2 Å². The Morgan fingerprint density at radius 3 is 2.08 bits per heavy atom. The lowest BCUT2D eigenvalue weighted by molar-refractivity contribution is -0.129. The number of nitrogens with one attached hydrogen (secondary N) is 1. The van der Waals surface area contributed by atoms with Crippen LogP contribution in [0.2, 0.25) is 0 Å². The number of amides is 2. The van der Waals surface area contributed by atoms with Crippen LogP contribution >= 0.6 is 0 Å². The van der Waals surface area contributed by atoms with Gasteiger partial charge in [0.15, 0.2) is 11.5 Å². The average molecular weight is 535 g/mol. The van der Waals surface area contributed by atoms with Crippen molar-refractivity contribution in [2.75, 3.05) is 40.4 Å². The van der Waals surface area contributed by atoms with E-state index in [1.807, 2.05) is 48.5 Å². The summed E-state index contributed by atoms with van der Waals surface area (Å²) in [6.07, 6.45) is 0.601. The second-order valence-electron chi connectivity index (χ2n) is 9.04. The van der Waals surface area contributed by atoms with Crippen LogP contribution in [0.3, 0.4) is 0 Å². The molecule has 2 amide bonds. The van der Waals surface area contributed by atoms with Gasteiger partial charge in [-0.3, -0.25) is 9.59 Å². The van der Waals surface area contributed by atoms with Crippen LogP contribution in [0.1, 0.15) is 30.0 Å². The number of anilines is 1. The molecule has 1 heterocycles. The zero-order valence-electron chi connectivity index (χ0n) is 22.9. The number of piperidine rings is 1. The zero-order valence-corrected chi connectivity index (χ0v) is 22.9. The first-order valence-electron chi connectivity index (χ1n) is 12.6. The van der Waals surface area contributed by atoms with Gasteiger partial charge >= 0.3 is 0 Å². The summed E-state index contributed by atoms with van der Waals surface area (Å²) in [4.78, 5) is 28.9. The fraction of sp³-hybridized carbons (Fsp3) is 0.333. The summed E-state index contributed by atoms with van der Waals surface area (Å²) in [6, 6.07) is 17.8. The summed E-state index contributed by atoms with van der Waals surface area (Å²) in [7, 11) is 7.76. The van der Waals surface area contributed by atoms with Crippen molar-refractivity contribution >= 4 is 17.5 Å². The highest BCUT2D eigenvalue weighted by molar-refractivity contribution is 5.98. The number of rotatable bonds is 10. The van der Waals surface area contributed by atoms with Gasteiger partial charge in [-0.15, -0.1) is 0 Å². The normalized spacial score (nSPS) is 16.8. The van der Waals surface area contributed by atoms with E-state index in [9.17, 15) is 9.59 Å². The number of methoxy groups -OCH3 is 5. The highest BCUT2D eigenvalue weighted by atomic mass is 16.5. The first-order valence-corrected chi connectivity index (χ1v) is 12.6. The Morgan fingerprint density at radius 1 is 0.846 bits per heavy atom. The zero-order chi connectivity index (χ0) is 27.9. The van der Waals surface area contributed by atoms with E-state index in [2.05, 4.69) is 5.32 Å². The minimum atomic E-state index is -0.586. The van der Waals surface area contributed by atoms with Gasteiger partial charge < -0.3 is 33.9 Å². The smallest absolute Gasteiger partial charge is 0.227 e. The van der Waals surface area contributed by atoms with Gasteiger partial charge in [-0.05, 0) is 30.2 Å². The largest absolute Gasteiger partial charge is 0.497 e. The maximum atomic E-state index is 13.7. The van der Waals surface area contributed by atoms with Gasteiger partial charge in [-0.1, -0.05) is 30.3 Å². The molecule has 3 aromatic rings. The fourth-order valence-electron chi connectivity index (χ4n) is 5.02. The summed E-state index contributed by atoms with van der Waals surface area (Å²) in [5.41, 5.74) is 2.20. The lowest BCUT2D eigenvalue weighted by Crippen LogP contribution is -2.48. The van der Waals surface area contributed by atoms with Crippen molar-refractivity contribution in [3.8, 4) is 28.7 Å². The molecule has 0 aliphatic carbocycles. The summed E-state index contributed by atoms with van der Waals surface area (Å²) >= 11 is 0. The van der Waals surface area contributed by atoms with Crippen LogP contribution in [0.15, 0.2) is 60.7 Å². The van der Waals surface area contributed by atoms with E-state index < -0.39 is 12.0 Å². The lowest BCUT2D eigenvalue weighted by atomic mass is 9.83. The topological polar surface area (TPSA) is 95.6 Å². The highest BCUT2D eigenvalue weighted by Crippen LogP contribution is 2.46. The van der Waals surface area contributed by atoms with E-state index in [4.69, 9.17) is 23.7 Å². The number of carbonyl (C=O) groups excluding carboxylic acids is 2. The van der Waals surface area contributed by atoms with Crippen LogP contribution < -0.4 is 33.9 Å². The molecule has 39 heavy (non-hydrogen) atoms. The number of para-hydroxylation sites is 1. The first kappa shape index (κ1) is 27.6. The number of ether oxygens (including phenoxy) is 5. The maximum absolute atomic E-state index is 13.7. The van der Waals surface area contributed by atoms with Gasteiger partial charge in [0.1, 0.15) is 11.5 Å². The molecular formula is C30H34N2O7. The summed E-state index contributed by atoms with van der Waals surface area (Å²) < 4.78 is 27.4. The minimum absolute atomic E-state index is 0.112. The monoisotopic (exact) mass is 534 g/mol. The molecule has 0 saturated carbocycles. The van der Waals surface area contributed by atoms with E-state index in [1.165, 1.54) is 21.3 Å². The molecule has 1 aliphatic heterocycles. The molecule has 9 heteroatoms. The molecular weight excluding hydrogens is 500 g/mol. The predicted octanol–water partition coefficient (Wildman–Crippen LogP) is 4.53. The second kappa shape index (κ2) is 12.4. The van der Waals surface area contributed by atoms with Crippen molar-refractivity contribution in [1.82, 2.24) is 5.32 Å². The van der Waals surface area contributed by atoms with Gasteiger partial charge in [-0.25, -0.2) is 0 Å². The summed E-state index contributed by atoms with van der Waals surface area (Å²) in [6.45, 7) is 0.298. The van der Waals surface area contributed by atoms with Crippen LogP contribution in [0.4, 0.5) is 5.69 Å². The molecule has 0 radical (unpaired) electrons. The number of nitrogens with zero attached hydrogens (tertiary/aromatic N) is 1. The van der Waals surface area contributed by atoms with Crippen molar-refractivity contribution in [3.63, 3.8) is 0 Å². The van der Waals surface area contributed by atoms with Crippen LogP contribution in [-0.4, -0.2) is 47.4 Å². The molecule has 1 N–H and O–H groups in total. The van der Waals surface area contributed by atoms with Crippen molar-refractivity contribution in [2.45, 2.75) is 25.4 Å². The average Bonchev–Trinajstić information content (AvgIpc) is 2.98. The third-order valence-electron chi connectivity index (χ3n) is 6.96.